The maximum absolute atomic E-state index is 11.8. The van der Waals surface area contributed by atoms with Crippen molar-refractivity contribution in [2.75, 3.05) is 5.32 Å². The van der Waals surface area contributed by atoms with Crippen LogP contribution >= 0.6 is 0 Å². The number of carboxylic acid groups (broad SMARTS) is 1. The average molecular weight is 338 g/mol. The molecule has 25 heavy (non-hydrogen) atoms. The zero-order valence-electron chi connectivity index (χ0n) is 13.0. The summed E-state index contributed by atoms with van der Waals surface area (Å²) in [6.07, 6.45) is 0.740. The van der Waals surface area contributed by atoms with Crippen LogP contribution in [0.3, 0.4) is 0 Å². The molecule has 0 saturated heterocycles. The number of amides is 1. The molecule has 0 aliphatic carbocycles. The molecule has 0 saturated carbocycles. The van der Waals surface area contributed by atoms with E-state index in [2.05, 4.69) is 15.6 Å². The van der Waals surface area contributed by atoms with Crippen molar-refractivity contribution in [3.63, 3.8) is 0 Å². The van der Waals surface area contributed by atoms with Crippen molar-refractivity contribution in [1.29, 1.82) is 0 Å². The molecule has 3 aromatic rings. The van der Waals surface area contributed by atoms with Gasteiger partial charge in [-0.3, -0.25) is 5.32 Å². The molecule has 1 aromatic heterocycles. The number of benzene rings is 2. The van der Waals surface area contributed by atoms with Crippen LogP contribution in [0.5, 0.6) is 0 Å². The Morgan fingerprint density at radius 1 is 1.08 bits per heavy atom. The summed E-state index contributed by atoms with van der Waals surface area (Å²) < 4.78 is 6.47. The number of carbonyl (C=O) groups excluding carboxylic acids is 1. The van der Waals surface area contributed by atoms with Crippen molar-refractivity contribution in [3.05, 3.63) is 72.1 Å². The van der Waals surface area contributed by atoms with Crippen molar-refractivity contribution in [2.45, 2.75) is 6.61 Å². The van der Waals surface area contributed by atoms with Gasteiger partial charge in [-0.25, -0.2) is 14.3 Å². The van der Waals surface area contributed by atoms with Crippen LogP contribution in [0, 0.1) is 0 Å². The molecule has 0 aliphatic rings. The maximum atomic E-state index is 11.8. The van der Waals surface area contributed by atoms with Gasteiger partial charge in [-0.1, -0.05) is 35.5 Å². The van der Waals surface area contributed by atoms with Gasteiger partial charge in [0.15, 0.2) is 5.69 Å². The Morgan fingerprint density at radius 2 is 1.80 bits per heavy atom. The van der Waals surface area contributed by atoms with E-state index in [1.807, 2.05) is 30.3 Å². The highest BCUT2D eigenvalue weighted by Crippen LogP contribution is 2.13. The zero-order chi connectivity index (χ0) is 17.6. The first-order valence-corrected chi connectivity index (χ1v) is 7.35. The van der Waals surface area contributed by atoms with E-state index in [4.69, 9.17) is 9.84 Å². The predicted octanol–water partition coefficient (Wildman–Crippen LogP) is 2.71. The normalized spacial score (nSPS) is 10.2. The standard InChI is InChI=1S/C17H14N4O4/c22-16(23)15-10-21(20-19-15)14-8-6-13(7-9-14)18-17(24)25-11-12-4-2-1-3-5-12/h1-10H,11H2,(H,18,24)(H,22,23). The number of ether oxygens (including phenoxy) is 1. The lowest BCUT2D eigenvalue weighted by Crippen LogP contribution is -2.13. The number of nitrogens with one attached hydrogen (secondary N) is 1. The number of anilines is 1. The Bertz CT molecular complexity index is 875. The topological polar surface area (TPSA) is 106 Å². The van der Waals surface area contributed by atoms with Gasteiger partial charge in [0, 0.05) is 5.69 Å². The molecule has 0 bridgehead atoms. The van der Waals surface area contributed by atoms with Gasteiger partial charge in [0.05, 0.1) is 11.9 Å². The lowest BCUT2D eigenvalue weighted by molar-refractivity contribution is 0.0690. The van der Waals surface area contributed by atoms with Gasteiger partial charge in [-0.15, -0.1) is 5.10 Å². The van der Waals surface area contributed by atoms with Gasteiger partial charge in [0.25, 0.3) is 0 Å². The van der Waals surface area contributed by atoms with Crippen LogP contribution in [-0.4, -0.2) is 32.2 Å². The number of aromatic carboxylic acids is 1. The molecule has 0 radical (unpaired) electrons. The minimum Gasteiger partial charge on any atom is -0.476 e. The van der Waals surface area contributed by atoms with Crippen molar-refractivity contribution in [1.82, 2.24) is 15.0 Å². The lowest BCUT2D eigenvalue weighted by Gasteiger charge is -2.08. The van der Waals surface area contributed by atoms with Crippen molar-refractivity contribution in [2.24, 2.45) is 0 Å². The van der Waals surface area contributed by atoms with Crippen molar-refractivity contribution in [3.8, 4) is 5.69 Å². The van der Waals surface area contributed by atoms with E-state index < -0.39 is 12.1 Å². The van der Waals surface area contributed by atoms with Crippen LogP contribution in [0.1, 0.15) is 16.1 Å². The quantitative estimate of drug-likeness (QED) is 0.741. The summed E-state index contributed by atoms with van der Waals surface area (Å²) in [5.41, 5.74) is 1.91. The molecular weight excluding hydrogens is 324 g/mol. The second-order valence-corrected chi connectivity index (χ2v) is 5.09. The second kappa shape index (κ2) is 7.26. The molecule has 8 nitrogen and oxygen atoms in total. The SMILES string of the molecule is O=C(Nc1ccc(-n2cc(C(=O)O)nn2)cc1)OCc1ccccc1. The summed E-state index contributed by atoms with van der Waals surface area (Å²) in [5.74, 6) is -1.15. The number of carboxylic acids is 1. The highest BCUT2D eigenvalue weighted by Gasteiger charge is 2.09. The molecule has 8 heteroatoms. The molecule has 2 aromatic carbocycles. The molecular formula is C17H14N4O4. The van der Waals surface area contributed by atoms with Crippen LogP contribution in [0.2, 0.25) is 0 Å². The number of nitrogens with zero attached hydrogens (tertiary/aromatic N) is 3. The van der Waals surface area contributed by atoms with Gasteiger partial charge in [0.2, 0.25) is 0 Å². The van der Waals surface area contributed by atoms with E-state index in [1.54, 1.807) is 24.3 Å². The first kappa shape index (κ1) is 16.2. The Labute approximate surface area is 142 Å². The van der Waals surface area contributed by atoms with Crippen molar-refractivity contribution < 1.29 is 19.4 Å². The minimum atomic E-state index is -1.15. The summed E-state index contributed by atoms with van der Waals surface area (Å²) in [4.78, 5) is 22.6. The van der Waals surface area contributed by atoms with E-state index in [0.29, 0.717) is 11.4 Å². The summed E-state index contributed by atoms with van der Waals surface area (Å²) in [7, 11) is 0. The fourth-order valence-corrected chi connectivity index (χ4v) is 2.06. The first-order valence-electron chi connectivity index (χ1n) is 7.35. The molecule has 0 unspecified atom stereocenters. The Hall–Kier alpha value is -3.68. The van der Waals surface area contributed by atoms with E-state index >= 15 is 0 Å². The van der Waals surface area contributed by atoms with Crippen molar-refractivity contribution >= 4 is 17.7 Å². The average Bonchev–Trinajstić information content (AvgIpc) is 3.12. The fraction of sp³-hybridized carbons (Fsp3) is 0.0588. The number of rotatable bonds is 5. The molecule has 1 amide bonds. The van der Waals surface area contributed by atoms with Crippen LogP contribution < -0.4 is 5.32 Å². The molecule has 1 heterocycles. The molecule has 0 fully saturated rings. The van der Waals surface area contributed by atoms with Crippen LogP contribution in [0.15, 0.2) is 60.8 Å². The van der Waals surface area contributed by atoms with Gasteiger partial charge >= 0.3 is 12.1 Å². The van der Waals surface area contributed by atoms with E-state index in [1.165, 1.54) is 10.9 Å². The highest BCUT2D eigenvalue weighted by molar-refractivity contribution is 5.85. The Kier molecular flexibility index (Phi) is 4.70. The van der Waals surface area contributed by atoms with Crippen LogP contribution in [-0.2, 0) is 11.3 Å². The molecule has 3 rings (SSSR count). The van der Waals surface area contributed by atoms with Gasteiger partial charge < -0.3 is 9.84 Å². The number of hydrogen-bond acceptors (Lipinski definition) is 5. The maximum Gasteiger partial charge on any atom is 0.411 e. The molecule has 126 valence electrons. The van der Waals surface area contributed by atoms with E-state index in [-0.39, 0.29) is 12.3 Å². The summed E-state index contributed by atoms with van der Waals surface area (Å²) in [6, 6.07) is 16.0. The van der Waals surface area contributed by atoms with Gasteiger partial charge in [-0.05, 0) is 29.8 Å². The number of hydrogen-bond donors (Lipinski definition) is 2. The lowest BCUT2D eigenvalue weighted by atomic mass is 10.2. The first-order chi connectivity index (χ1) is 12.1. The summed E-state index contributed by atoms with van der Waals surface area (Å²) >= 11 is 0. The van der Waals surface area contributed by atoms with E-state index in [9.17, 15) is 9.59 Å². The molecule has 0 atom stereocenters. The zero-order valence-corrected chi connectivity index (χ0v) is 13.0. The third-order valence-corrected chi connectivity index (χ3v) is 3.30. The number of aromatic nitrogens is 3. The highest BCUT2D eigenvalue weighted by atomic mass is 16.5. The Morgan fingerprint density at radius 3 is 2.44 bits per heavy atom. The Balaban J connectivity index is 1.58. The molecule has 2 N–H and O–H groups in total. The van der Waals surface area contributed by atoms with E-state index in [0.717, 1.165) is 5.56 Å². The third kappa shape index (κ3) is 4.20. The number of carbonyl (C=O) groups is 2. The monoisotopic (exact) mass is 338 g/mol. The third-order valence-electron chi connectivity index (χ3n) is 3.30. The van der Waals surface area contributed by atoms with Gasteiger partial charge in [0.1, 0.15) is 6.61 Å². The van der Waals surface area contributed by atoms with Crippen LogP contribution in [0.25, 0.3) is 5.69 Å². The smallest absolute Gasteiger partial charge is 0.411 e. The summed E-state index contributed by atoms with van der Waals surface area (Å²) in [5, 5.41) is 18.7. The second-order valence-electron chi connectivity index (χ2n) is 5.09. The molecule has 0 aliphatic heterocycles. The largest absolute Gasteiger partial charge is 0.476 e. The predicted molar refractivity (Wildman–Crippen MR) is 88.6 cm³/mol. The van der Waals surface area contributed by atoms with Gasteiger partial charge in [-0.2, -0.15) is 0 Å². The molecule has 0 spiro atoms. The fourth-order valence-electron chi connectivity index (χ4n) is 2.06. The van der Waals surface area contributed by atoms with Crippen LogP contribution in [0.4, 0.5) is 10.5 Å². The summed E-state index contributed by atoms with van der Waals surface area (Å²) in [6.45, 7) is 0.182. The minimum absolute atomic E-state index is 0.147.